The summed E-state index contributed by atoms with van der Waals surface area (Å²) in [5.74, 6) is 6.53. The zero-order chi connectivity index (χ0) is 25.5. The first-order chi connectivity index (χ1) is 19.2. The quantitative estimate of drug-likeness (QED) is 0.152. The third kappa shape index (κ3) is 2.26. The van der Waals surface area contributed by atoms with Crippen LogP contribution in [0.3, 0.4) is 0 Å². The molecule has 7 aromatic rings. The summed E-state index contributed by atoms with van der Waals surface area (Å²) >= 11 is -3.25. The van der Waals surface area contributed by atoms with Crippen LogP contribution in [0.25, 0.3) is 32.3 Å². The second-order valence-corrected chi connectivity index (χ2v) is 18.9. The Morgan fingerprint density at radius 2 is 1.08 bits per heavy atom. The molecule has 3 heterocycles. The van der Waals surface area contributed by atoms with E-state index in [0.29, 0.717) is 0 Å². The molecule has 4 heteroatoms. The van der Waals surface area contributed by atoms with Crippen molar-refractivity contribution in [3.63, 3.8) is 0 Å². The third-order valence-corrected chi connectivity index (χ3v) is 18.5. The Hall–Kier alpha value is -4.48. The Morgan fingerprint density at radius 1 is 0.513 bits per heavy atom. The molecule has 0 atom stereocenters. The second-order valence-electron chi connectivity index (χ2n) is 11.0. The summed E-state index contributed by atoms with van der Waals surface area (Å²) < 4.78 is 18.1. The third-order valence-electron chi connectivity index (χ3n) is 9.15. The summed E-state index contributed by atoms with van der Waals surface area (Å²) in [6.45, 7) is 0. The molecular formula is C35H21GeNO2. The Balaban J connectivity index is 1.41. The first-order valence-electron chi connectivity index (χ1n) is 13.5. The Bertz CT molecular complexity index is 2080. The fourth-order valence-corrected chi connectivity index (χ4v) is 17.5. The molecule has 0 radical (unpaired) electrons. The van der Waals surface area contributed by atoms with Crippen LogP contribution in [0.4, 0.5) is 17.1 Å². The van der Waals surface area contributed by atoms with Crippen LogP contribution < -0.4 is 27.6 Å². The fourth-order valence-electron chi connectivity index (χ4n) is 7.67. The summed E-state index contributed by atoms with van der Waals surface area (Å²) in [4.78, 5) is 2.40. The SMILES string of the molecule is [CH3][Ge]12[c]3c4cccc3N(c3ccccc3)c3cccc([c]31)Oc1[c]2c(c2ccc3cccc5ccc1c2c35)O4. The number of anilines is 3. The van der Waals surface area contributed by atoms with Crippen molar-refractivity contribution in [2.45, 2.75) is 5.76 Å². The van der Waals surface area contributed by atoms with E-state index < -0.39 is 13.3 Å². The number of rotatable bonds is 1. The maximum absolute atomic E-state index is 7.00. The first-order valence-corrected chi connectivity index (χ1v) is 18.7. The molecule has 0 aliphatic carbocycles. The van der Waals surface area contributed by atoms with Gasteiger partial charge in [0.15, 0.2) is 0 Å². The van der Waals surface area contributed by atoms with Crippen molar-refractivity contribution in [1.82, 2.24) is 0 Å². The average molecular weight is 560 g/mol. The predicted molar refractivity (Wildman–Crippen MR) is 162 cm³/mol. The molecule has 0 bridgehead atoms. The molecule has 0 saturated carbocycles. The van der Waals surface area contributed by atoms with Crippen molar-refractivity contribution in [2.24, 2.45) is 0 Å². The van der Waals surface area contributed by atoms with Gasteiger partial charge in [-0.3, -0.25) is 0 Å². The van der Waals surface area contributed by atoms with Crippen molar-refractivity contribution in [1.29, 1.82) is 0 Å². The average Bonchev–Trinajstić information content (AvgIpc) is 2.97. The number of fused-ring (bicyclic) bond motifs is 2. The van der Waals surface area contributed by atoms with Gasteiger partial charge in [0, 0.05) is 0 Å². The Kier molecular flexibility index (Phi) is 3.54. The van der Waals surface area contributed by atoms with Crippen LogP contribution in [0, 0.1) is 0 Å². The van der Waals surface area contributed by atoms with Crippen LogP contribution in [0.2, 0.25) is 5.76 Å². The molecule has 0 N–H and O–H groups in total. The molecular weight excluding hydrogens is 539 g/mol. The summed E-state index contributed by atoms with van der Waals surface area (Å²) in [5, 5.41) is 7.40. The topological polar surface area (TPSA) is 21.7 Å². The van der Waals surface area contributed by atoms with Gasteiger partial charge in [0.2, 0.25) is 0 Å². The maximum atomic E-state index is 7.00. The molecule has 0 fully saturated rings. The number of benzene rings is 7. The minimum absolute atomic E-state index is 0.992. The second kappa shape index (κ2) is 6.74. The van der Waals surface area contributed by atoms with E-state index in [2.05, 4.69) is 120 Å². The number of para-hydroxylation sites is 1. The minimum atomic E-state index is -3.25. The van der Waals surface area contributed by atoms with E-state index >= 15 is 0 Å². The first kappa shape index (κ1) is 20.5. The molecule has 0 unspecified atom stereocenters. The summed E-state index contributed by atoms with van der Waals surface area (Å²) in [5.41, 5.74) is 3.61. The van der Waals surface area contributed by atoms with Crippen molar-refractivity contribution >= 4 is 75.8 Å². The number of hydrogen-bond donors (Lipinski definition) is 0. The zero-order valence-electron chi connectivity index (χ0n) is 21.2. The van der Waals surface area contributed by atoms with Crippen molar-refractivity contribution in [3.8, 4) is 23.0 Å². The van der Waals surface area contributed by atoms with Crippen LogP contribution >= 0.6 is 0 Å². The van der Waals surface area contributed by atoms with Gasteiger partial charge in [-0.1, -0.05) is 0 Å². The predicted octanol–water partition coefficient (Wildman–Crippen LogP) is 7.68. The fraction of sp³-hybridized carbons (Fsp3) is 0.0286. The van der Waals surface area contributed by atoms with E-state index in [9.17, 15) is 0 Å². The zero-order valence-corrected chi connectivity index (χ0v) is 23.3. The van der Waals surface area contributed by atoms with Gasteiger partial charge in [0.25, 0.3) is 0 Å². The Morgan fingerprint density at radius 3 is 1.67 bits per heavy atom. The van der Waals surface area contributed by atoms with Gasteiger partial charge in [0.1, 0.15) is 0 Å². The summed E-state index contributed by atoms with van der Waals surface area (Å²) in [6, 6.07) is 39.4. The van der Waals surface area contributed by atoms with Crippen molar-refractivity contribution in [2.75, 3.05) is 4.90 Å². The van der Waals surface area contributed by atoms with Gasteiger partial charge in [0.05, 0.1) is 0 Å². The molecule has 0 saturated heterocycles. The van der Waals surface area contributed by atoms with Gasteiger partial charge in [-0.15, -0.1) is 0 Å². The Labute approximate surface area is 227 Å². The van der Waals surface area contributed by atoms with Gasteiger partial charge < -0.3 is 0 Å². The van der Waals surface area contributed by atoms with Gasteiger partial charge in [-0.2, -0.15) is 0 Å². The monoisotopic (exact) mass is 561 g/mol. The molecule has 7 aromatic carbocycles. The van der Waals surface area contributed by atoms with Crippen molar-refractivity contribution < 1.29 is 9.47 Å². The molecule has 182 valence electrons. The number of nitrogens with zero attached hydrogens (tertiary/aromatic N) is 1. The van der Waals surface area contributed by atoms with Gasteiger partial charge in [-0.25, -0.2) is 0 Å². The van der Waals surface area contributed by atoms with Crippen LogP contribution in [0.5, 0.6) is 23.0 Å². The van der Waals surface area contributed by atoms with E-state index in [1.165, 1.54) is 56.9 Å². The molecule has 0 amide bonds. The summed E-state index contributed by atoms with van der Waals surface area (Å²) in [6.07, 6.45) is 0. The molecule has 0 aromatic heterocycles. The van der Waals surface area contributed by atoms with E-state index in [0.717, 1.165) is 28.7 Å². The van der Waals surface area contributed by atoms with E-state index in [4.69, 9.17) is 9.47 Å². The molecule has 10 rings (SSSR count). The van der Waals surface area contributed by atoms with Gasteiger partial charge in [-0.05, 0) is 0 Å². The molecule has 3 aliphatic rings. The van der Waals surface area contributed by atoms with E-state index in [-0.39, 0.29) is 0 Å². The van der Waals surface area contributed by atoms with E-state index in [1.54, 1.807) is 0 Å². The number of hydrogen-bond acceptors (Lipinski definition) is 3. The molecule has 0 spiro atoms. The normalized spacial score (nSPS) is 15.4. The van der Waals surface area contributed by atoms with Crippen LogP contribution in [-0.2, 0) is 0 Å². The molecule has 3 aliphatic heterocycles. The van der Waals surface area contributed by atoms with Crippen LogP contribution in [-0.4, -0.2) is 13.3 Å². The van der Waals surface area contributed by atoms with Crippen LogP contribution in [0.1, 0.15) is 0 Å². The van der Waals surface area contributed by atoms with E-state index in [1.807, 2.05) is 0 Å². The summed E-state index contributed by atoms with van der Waals surface area (Å²) in [7, 11) is 0. The van der Waals surface area contributed by atoms with Crippen LogP contribution in [0.15, 0.2) is 109 Å². The standard InChI is InChI=1S/C35H21GeNO2/c1-36-31-25-12-6-14-27(31)38-34-23-18-16-20-8-5-9-21-17-19-24(30(23)29(20)21)35(33(34)36)39-28-15-7-13-26(32(28)36)37(25)22-10-3-2-4-11-22/h2-19H,1H3. The number of ether oxygens (including phenoxy) is 2. The van der Waals surface area contributed by atoms with Crippen molar-refractivity contribution in [3.05, 3.63) is 109 Å². The molecule has 39 heavy (non-hydrogen) atoms. The van der Waals surface area contributed by atoms with Gasteiger partial charge >= 0.3 is 228 Å². The molecule has 3 nitrogen and oxygen atoms in total.